The summed E-state index contributed by atoms with van der Waals surface area (Å²) in [5, 5.41) is 3.39. The lowest BCUT2D eigenvalue weighted by Crippen LogP contribution is -2.36. The van der Waals surface area contributed by atoms with Gasteiger partial charge in [0.25, 0.3) is 0 Å². The van der Waals surface area contributed by atoms with Crippen LogP contribution in [0.3, 0.4) is 0 Å². The second-order valence-corrected chi connectivity index (χ2v) is 10.9. The van der Waals surface area contributed by atoms with Gasteiger partial charge < -0.3 is 29.0 Å². The molecule has 0 spiro atoms. The molecule has 0 aromatic heterocycles. The molecule has 234 valence electrons. The Morgan fingerprint density at radius 1 is 0.867 bits per heavy atom. The van der Waals surface area contributed by atoms with E-state index in [4.69, 9.17) is 23.7 Å². The number of nitrogens with one attached hydrogen (secondary N) is 1. The van der Waals surface area contributed by atoms with Gasteiger partial charge in [-0.1, -0.05) is 42.5 Å². The average Bonchev–Trinajstić information content (AvgIpc) is 3.03. The van der Waals surface area contributed by atoms with Gasteiger partial charge in [-0.25, -0.2) is 4.79 Å². The first-order valence-corrected chi connectivity index (χ1v) is 14.9. The Balaban J connectivity index is 1.56. The zero-order valence-electron chi connectivity index (χ0n) is 26.1. The number of carbonyl (C=O) groups excluding carboxylic acids is 3. The van der Waals surface area contributed by atoms with Crippen LogP contribution in [0.15, 0.2) is 89.3 Å². The normalized spacial score (nSPS) is 17.7. The molecule has 0 saturated carbocycles. The number of benzene rings is 3. The van der Waals surface area contributed by atoms with Crippen molar-refractivity contribution in [1.29, 1.82) is 0 Å². The molecule has 9 heteroatoms. The fourth-order valence-electron chi connectivity index (χ4n) is 6.00. The second-order valence-electron chi connectivity index (χ2n) is 10.9. The lowest BCUT2D eigenvalue weighted by molar-refractivity contribution is -0.140. The second kappa shape index (κ2) is 13.7. The maximum Gasteiger partial charge on any atom is 0.337 e. The van der Waals surface area contributed by atoms with Crippen LogP contribution in [-0.4, -0.2) is 38.5 Å². The molecular weight excluding hydrogens is 574 g/mol. The summed E-state index contributed by atoms with van der Waals surface area (Å²) in [6.45, 7) is 5.36. The minimum absolute atomic E-state index is 0.0833. The first-order valence-electron chi connectivity index (χ1n) is 14.9. The van der Waals surface area contributed by atoms with Gasteiger partial charge in [0, 0.05) is 36.2 Å². The quantitative estimate of drug-likeness (QED) is 0.214. The number of Topliss-reactive ketones (excluding diaryl/α,β-unsaturated/α-hetero) is 1. The van der Waals surface area contributed by atoms with Crippen molar-refractivity contribution in [2.75, 3.05) is 20.8 Å². The van der Waals surface area contributed by atoms with Gasteiger partial charge in [0.2, 0.25) is 0 Å². The number of ether oxygens (including phenoxy) is 5. The number of ketones is 1. The summed E-state index contributed by atoms with van der Waals surface area (Å²) in [7, 11) is 3.16. The SMILES string of the molecule is CCOc1cc([C@@H]2C(C(=O)OCc3ccccc3)=C(C)NC3=C2C(=O)C[C@H](c2ccc(OC)c(OC)c2)C3)ccc1OC(C)=O. The van der Waals surface area contributed by atoms with Gasteiger partial charge in [0.05, 0.1) is 26.4 Å². The molecule has 3 aromatic rings. The van der Waals surface area contributed by atoms with Crippen molar-refractivity contribution in [3.8, 4) is 23.0 Å². The molecule has 3 aromatic carbocycles. The van der Waals surface area contributed by atoms with Crippen molar-refractivity contribution in [1.82, 2.24) is 5.32 Å². The number of dihydropyridines is 1. The number of allylic oxidation sites excluding steroid dienone is 3. The summed E-state index contributed by atoms with van der Waals surface area (Å²) in [4.78, 5) is 39.7. The molecule has 2 atom stereocenters. The molecule has 0 unspecified atom stereocenters. The maximum atomic E-state index is 14.1. The molecular formula is C36H37NO8. The Bertz CT molecular complexity index is 1670. The monoisotopic (exact) mass is 611 g/mol. The van der Waals surface area contributed by atoms with Crippen LogP contribution < -0.4 is 24.3 Å². The molecule has 5 rings (SSSR count). The molecule has 1 heterocycles. The number of hydrogen-bond acceptors (Lipinski definition) is 9. The topological polar surface area (TPSA) is 109 Å². The fourth-order valence-corrected chi connectivity index (χ4v) is 6.00. The van der Waals surface area contributed by atoms with Crippen molar-refractivity contribution in [2.45, 2.75) is 52.1 Å². The van der Waals surface area contributed by atoms with E-state index in [0.29, 0.717) is 52.7 Å². The minimum Gasteiger partial charge on any atom is -0.493 e. The standard InChI is InChI=1S/C36H37NO8/c1-6-43-32-19-25(13-15-30(32)45-22(3)38)34-33(36(40)44-20-23-10-8-7-9-11-23)21(2)37-27-16-26(17-28(39)35(27)34)24-12-14-29(41-4)31(18-24)42-5/h7-15,18-19,26,34,37H,6,16-17,20H2,1-5H3/t26-,34-/m1/s1. The highest BCUT2D eigenvalue weighted by atomic mass is 16.6. The van der Waals surface area contributed by atoms with Crippen molar-refractivity contribution in [3.63, 3.8) is 0 Å². The summed E-state index contributed by atoms with van der Waals surface area (Å²) in [5.74, 6) is -0.149. The van der Waals surface area contributed by atoms with Crippen molar-refractivity contribution < 1.29 is 38.1 Å². The van der Waals surface area contributed by atoms with E-state index in [1.54, 1.807) is 32.4 Å². The lowest BCUT2D eigenvalue weighted by atomic mass is 9.71. The van der Waals surface area contributed by atoms with Gasteiger partial charge in [0.1, 0.15) is 6.61 Å². The largest absolute Gasteiger partial charge is 0.493 e. The number of rotatable bonds is 10. The maximum absolute atomic E-state index is 14.1. The molecule has 0 radical (unpaired) electrons. The van der Waals surface area contributed by atoms with Crippen LogP contribution in [0, 0.1) is 0 Å². The molecule has 1 aliphatic carbocycles. The van der Waals surface area contributed by atoms with Crippen LogP contribution >= 0.6 is 0 Å². The van der Waals surface area contributed by atoms with Crippen molar-refractivity contribution in [2.24, 2.45) is 0 Å². The Kier molecular flexibility index (Phi) is 9.56. The number of esters is 2. The van der Waals surface area contributed by atoms with Crippen LogP contribution in [0.4, 0.5) is 0 Å². The predicted molar refractivity (Wildman–Crippen MR) is 167 cm³/mol. The van der Waals surface area contributed by atoms with E-state index in [2.05, 4.69) is 5.32 Å². The molecule has 0 saturated heterocycles. The average molecular weight is 612 g/mol. The van der Waals surface area contributed by atoms with Crippen LogP contribution in [0.1, 0.15) is 62.1 Å². The molecule has 1 aliphatic heterocycles. The Morgan fingerprint density at radius 3 is 2.24 bits per heavy atom. The van der Waals surface area contributed by atoms with E-state index in [1.165, 1.54) is 6.92 Å². The summed E-state index contributed by atoms with van der Waals surface area (Å²) < 4.78 is 27.9. The molecule has 9 nitrogen and oxygen atoms in total. The first kappa shape index (κ1) is 31.4. The summed E-state index contributed by atoms with van der Waals surface area (Å²) >= 11 is 0. The summed E-state index contributed by atoms with van der Waals surface area (Å²) in [5.41, 5.74) is 4.63. The summed E-state index contributed by atoms with van der Waals surface area (Å²) in [6.07, 6.45) is 0.780. The van der Waals surface area contributed by atoms with Crippen molar-refractivity contribution >= 4 is 17.7 Å². The number of carbonyl (C=O) groups is 3. The van der Waals surface area contributed by atoms with Crippen molar-refractivity contribution in [3.05, 3.63) is 106 Å². The molecule has 2 aliphatic rings. The smallest absolute Gasteiger partial charge is 0.337 e. The van der Waals surface area contributed by atoms with Gasteiger partial charge in [-0.05, 0) is 67.1 Å². The predicted octanol–water partition coefficient (Wildman–Crippen LogP) is 6.13. The Labute approximate surface area is 262 Å². The van der Waals surface area contributed by atoms with Gasteiger partial charge in [0.15, 0.2) is 28.8 Å². The van der Waals surface area contributed by atoms with E-state index in [9.17, 15) is 14.4 Å². The zero-order chi connectivity index (χ0) is 32.1. The van der Waals surface area contributed by atoms with Crippen LogP contribution in [-0.2, 0) is 25.7 Å². The third-order valence-electron chi connectivity index (χ3n) is 7.99. The Hall–Kier alpha value is -5.05. The van der Waals surface area contributed by atoms with E-state index < -0.39 is 17.9 Å². The van der Waals surface area contributed by atoms with E-state index in [-0.39, 0.29) is 30.5 Å². The molecule has 0 bridgehead atoms. The highest BCUT2D eigenvalue weighted by Gasteiger charge is 2.42. The van der Waals surface area contributed by atoms with E-state index >= 15 is 0 Å². The summed E-state index contributed by atoms with van der Waals surface area (Å²) in [6, 6.07) is 20.2. The number of hydrogen-bond donors (Lipinski definition) is 1. The Morgan fingerprint density at radius 2 is 1.56 bits per heavy atom. The molecule has 1 N–H and O–H groups in total. The fraction of sp³-hybridized carbons (Fsp3) is 0.306. The van der Waals surface area contributed by atoms with E-state index in [0.717, 1.165) is 16.8 Å². The van der Waals surface area contributed by atoms with Crippen LogP contribution in [0.5, 0.6) is 23.0 Å². The first-order chi connectivity index (χ1) is 21.7. The van der Waals surface area contributed by atoms with Crippen LogP contribution in [0.2, 0.25) is 0 Å². The lowest BCUT2D eigenvalue weighted by Gasteiger charge is -2.37. The molecule has 45 heavy (non-hydrogen) atoms. The van der Waals surface area contributed by atoms with Gasteiger partial charge in [-0.15, -0.1) is 0 Å². The third kappa shape index (κ3) is 6.72. The zero-order valence-corrected chi connectivity index (χ0v) is 26.1. The molecule has 0 amide bonds. The third-order valence-corrected chi connectivity index (χ3v) is 7.99. The highest BCUT2D eigenvalue weighted by Crippen LogP contribution is 2.47. The van der Waals surface area contributed by atoms with Crippen LogP contribution in [0.25, 0.3) is 0 Å². The van der Waals surface area contributed by atoms with Gasteiger partial charge in [-0.2, -0.15) is 0 Å². The minimum atomic E-state index is -0.728. The van der Waals surface area contributed by atoms with Gasteiger partial charge in [-0.3, -0.25) is 9.59 Å². The number of methoxy groups -OCH3 is 2. The highest BCUT2D eigenvalue weighted by molar-refractivity contribution is 6.04. The molecule has 0 fully saturated rings. The van der Waals surface area contributed by atoms with Gasteiger partial charge >= 0.3 is 11.9 Å². The van der Waals surface area contributed by atoms with E-state index in [1.807, 2.05) is 62.4 Å².